The van der Waals surface area contributed by atoms with Crippen LogP contribution in [0.15, 0.2) is 84.4 Å². The summed E-state index contributed by atoms with van der Waals surface area (Å²) in [4.78, 5) is 16.8. The summed E-state index contributed by atoms with van der Waals surface area (Å²) in [6.45, 7) is 16.2. The average molecular weight is 562 g/mol. The molecule has 2 aliphatic rings. The van der Waals surface area contributed by atoms with Gasteiger partial charge in [-0.05, 0) is 91.5 Å². The number of carbonyl (C=O) groups excluding carboxylic acids is 1. The third kappa shape index (κ3) is 10.5. The van der Waals surface area contributed by atoms with Crippen LogP contribution < -0.4 is 0 Å². The number of pyridine rings is 1. The quantitative estimate of drug-likeness (QED) is 0.178. The molecule has 1 heterocycles. The lowest BCUT2D eigenvalue weighted by molar-refractivity contribution is -0.110. The summed E-state index contributed by atoms with van der Waals surface area (Å²) in [5, 5.41) is 0. The number of halogens is 1. The molecule has 1 fully saturated rings. The van der Waals surface area contributed by atoms with E-state index in [1.807, 2.05) is 27.2 Å². The number of methoxy groups -OCH3 is 1. The Bertz CT molecular complexity index is 1120. The van der Waals surface area contributed by atoms with E-state index in [1.54, 1.807) is 6.08 Å². The summed E-state index contributed by atoms with van der Waals surface area (Å²) in [6.07, 6.45) is 23.7. The van der Waals surface area contributed by atoms with Crippen LogP contribution in [0.3, 0.4) is 0 Å². The molecule has 2 atom stereocenters. The molecule has 0 bridgehead atoms. The van der Waals surface area contributed by atoms with Crippen LogP contribution in [0.4, 0.5) is 4.39 Å². The molecule has 0 aliphatic heterocycles. The van der Waals surface area contributed by atoms with Crippen LogP contribution in [0, 0.1) is 11.8 Å². The minimum Gasteiger partial charge on any atom is -0.378 e. The second kappa shape index (κ2) is 17.9. The topological polar surface area (TPSA) is 39.2 Å². The number of ether oxygens (including phenoxy) is 1. The first kappa shape index (κ1) is 34.4. The number of nitrogens with zero attached hydrogens (tertiary/aromatic N) is 1. The van der Waals surface area contributed by atoms with Crippen LogP contribution in [0.2, 0.25) is 0 Å². The van der Waals surface area contributed by atoms with Gasteiger partial charge in [-0.15, -0.1) is 0 Å². The lowest BCUT2D eigenvalue weighted by atomic mass is 9.71. The molecule has 0 radical (unpaired) electrons. The number of hydrogen-bond acceptors (Lipinski definition) is 3. The van der Waals surface area contributed by atoms with Gasteiger partial charge in [-0.1, -0.05) is 89.8 Å². The zero-order valence-corrected chi connectivity index (χ0v) is 26.2. The molecule has 1 aromatic rings. The fourth-order valence-electron chi connectivity index (χ4n) is 5.75. The van der Waals surface area contributed by atoms with Gasteiger partial charge in [-0.3, -0.25) is 4.98 Å². The molecule has 224 valence electrons. The van der Waals surface area contributed by atoms with Crippen molar-refractivity contribution in [1.29, 1.82) is 0 Å². The molecule has 2 aliphatic carbocycles. The molecule has 2 unspecified atom stereocenters. The molecule has 3 rings (SSSR count). The maximum atomic E-state index is 12.3. The van der Waals surface area contributed by atoms with E-state index in [1.165, 1.54) is 42.6 Å². The van der Waals surface area contributed by atoms with Crippen LogP contribution >= 0.6 is 0 Å². The summed E-state index contributed by atoms with van der Waals surface area (Å²) in [6, 6.07) is 4.25. The molecule has 0 aromatic carbocycles. The van der Waals surface area contributed by atoms with Gasteiger partial charge in [0.15, 0.2) is 0 Å². The van der Waals surface area contributed by atoms with Gasteiger partial charge in [-0.2, -0.15) is 0 Å². The van der Waals surface area contributed by atoms with Gasteiger partial charge in [0.1, 0.15) is 12.1 Å². The van der Waals surface area contributed by atoms with Gasteiger partial charge in [-0.25, -0.2) is 4.39 Å². The van der Waals surface area contributed by atoms with E-state index >= 15 is 0 Å². The van der Waals surface area contributed by atoms with Crippen LogP contribution in [0.1, 0.15) is 103 Å². The Morgan fingerprint density at radius 3 is 2.41 bits per heavy atom. The lowest BCUT2D eigenvalue weighted by Crippen LogP contribution is -2.35. The maximum absolute atomic E-state index is 12.3. The zero-order chi connectivity index (χ0) is 30.3. The summed E-state index contributed by atoms with van der Waals surface area (Å²) < 4.78 is 18.4. The van der Waals surface area contributed by atoms with Crippen molar-refractivity contribution in [1.82, 2.24) is 4.98 Å². The molecule has 1 aromatic heterocycles. The van der Waals surface area contributed by atoms with Gasteiger partial charge in [0.2, 0.25) is 0 Å². The standard InChI is InChI=1S/C28H39NO2.C9H13F/c1-5-10-22-12-13-27(29-19-22)23-16-24(20-30)25(11-6-2)26(17-23)21(3)18-28(31-4)14-8-7-9-15-28;1-4-8(3)6-7-9(10)5-2/h12-13,16-17,19-20,24-25H,3,5-11,14-15,18H2,1-2,4H3;5-7H,2,4H2,1,3H3/b;8-6+,9-7+. The predicted molar refractivity (Wildman–Crippen MR) is 172 cm³/mol. The number of hydrogen-bond donors (Lipinski definition) is 0. The molecule has 0 N–H and O–H groups in total. The van der Waals surface area contributed by atoms with Gasteiger partial charge < -0.3 is 9.53 Å². The Morgan fingerprint density at radius 1 is 1.15 bits per heavy atom. The molecule has 1 saturated carbocycles. The number of carbonyl (C=O) groups is 1. The maximum Gasteiger partial charge on any atom is 0.127 e. The van der Waals surface area contributed by atoms with Crippen molar-refractivity contribution in [3.05, 3.63) is 95.7 Å². The molecular formula is C37H52FNO2. The second-order valence-corrected chi connectivity index (χ2v) is 11.5. The second-order valence-electron chi connectivity index (χ2n) is 11.5. The van der Waals surface area contributed by atoms with Gasteiger partial charge >= 0.3 is 0 Å². The summed E-state index contributed by atoms with van der Waals surface area (Å²) in [5.74, 6) is -0.225. The first-order valence-corrected chi connectivity index (χ1v) is 15.5. The smallest absolute Gasteiger partial charge is 0.127 e. The van der Waals surface area contributed by atoms with Gasteiger partial charge in [0.25, 0.3) is 0 Å². The largest absolute Gasteiger partial charge is 0.378 e. The minimum atomic E-state index is -0.284. The van der Waals surface area contributed by atoms with E-state index < -0.39 is 0 Å². The summed E-state index contributed by atoms with van der Waals surface area (Å²) >= 11 is 0. The monoisotopic (exact) mass is 561 g/mol. The van der Waals surface area contributed by atoms with Crippen LogP contribution in [0.25, 0.3) is 5.57 Å². The molecule has 4 heteroatoms. The summed E-state index contributed by atoms with van der Waals surface area (Å²) in [7, 11) is 1.85. The average Bonchev–Trinajstić information content (AvgIpc) is 3.01. The Kier molecular flexibility index (Phi) is 15.0. The first-order chi connectivity index (χ1) is 19.8. The number of aldehydes is 1. The van der Waals surface area contributed by atoms with E-state index in [9.17, 15) is 9.18 Å². The fourth-order valence-corrected chi connectivity index (χ4v) is 5.75. The number of aromatic nitrogens is 1. The van der Waals surface area contributed by atoms with E-state index in [0.717, 1.165) is 80.1 Å². The number of allylic oxidation sites excluding steroid dienone is 9. The highest BCUT2D eigenvalue weighted by molar-refractivity contribution is 5.79. The molecular weight excluding hydrogens is 509 g/mol. The SMILES string of the molecule is C=C(CC1(OC)CCCCC1)C1=CC(c2ccc(CCC)cn2)=CC(C=O)C1CCC.C=C/C(F)=C\C=C(/C)CC. The van der Waals surface area contributed by atoms with Gasteiger partial charge in [0.05, 0.1) is 11.3 Å². The van der Waals surface area contributed by atoms with E-state index in [0.29, 0.717) is 0 Å². The van der Waals surface area contributed by atoms with E-state index in [4.69, 9.17) is 9.72 Å². The minimum absolute atomic E-state index is 0.106. The Labute approximate surface area is 249 Å². The molecule has 41 heavy (non-hydrogen) atoms. The fraction of sp³-hybridized carbons (Fsp3) is 0.514. The predicted octanol–water partition coefficient (Wildman–Crippen LogP) is 10.3. The van der Waals surface area contributed by atoms with Crippen molar-refractivity contribution in [2.45, 2.75) is 104 Å². The van der Waals surface area contributed by atoms with Crippen molar-refractivity contribution >= 4 is 11.9 Å². The van der Waals surface area contributed by atoms with Crippen molar-refractivity contribution < 1.29 is 13.9 Å². The molecule has 0 amide bonds. The molecule has 3 nitrogen and oxygen atoms in total. The van der Waals surface area contributed by atoms with E-state index in [-0.39, 0.29) is 23.3 Å². The summed E-state index contributed by atoms with van der Waals surface area (Å²) in [5.41, 5.74) is 6.64. The Balaban J connectivity index is 0.000000503. The number of aryl methyl sites for hydroxylation is 1. The molecule has 0 saturated heterocycles. The van der Waals surface area contributed by atoms with Crippen LogP contribution in [-0.4, -0.2) is 24.0 Å². The highest BCUT2D eigenvalue weighted by Gasteiger charge is 2.35. The van der Waals surface area contributed by atoms with Gasteiger partial charge in [0, 0.05) is 25.6 Å². The van der Waals surface area contributed by atoms with Crippen molar-refractivity contribution in [3.63, 3.8) is 0 Å². The van der Waals surface area contributed by atoms with E-state index in [2.05, 4.69) is 51.3 Å². The first-order valence-electron chi connectivity index (χ1n) is 15.5. The zero-order valence-electron chi connectivity index (χ0n) is 26.2. The third-order valence-electron chi connectivity index (χ3n) is 8.38. The lowest BCUT2D eigenvalue weighted by Gasteiger charge is -2.38. The Hall–Kier alpha value is -2.85. The van der Waals surface area contributed by atoms with Crippen LogP contribution in [0.5, 0.6) is 0 Å². The normalized spacial score (nSPS) is 20.7. The molecule has 0 spiro atoms. The van der Waals surface area contributed by atoms with Crippen molar-refractivity contribution in [2.75, 3.05) is 7.11 Å². The van der Waals surface area contributed by atoms with Crippen molar-refractivity contribution in [2.24, 2.45) is 11.8 Å². The van der Waals surface area contributed by atoms with Crippen LogP contribution in [-0.2, 0) is 16.0 Å². The highest BCUT2D eigenvalue weighted by Crippen LogP contribution is 2.43. The third-order valence-corrected chi connectivity index (χ3v) is 8.38. The highest BCUT2D eigenvalue weighted by atomic mass is 19.1. The number of rotatable bonds is 13. The van der Waals surface area contributed by atoms with Crippen molar-refractivity contribution in [3.8, 4) is 0 Å². The Morgan fingerprint density at radius 2 is 1.88 bits per heavy atom.